The fraction of sp³-hybridized carbons (Fsp3) is 0.457. The van der Waals surface area contributed by atoms with Gasteiger partial charge in [-0.05, 0) is 18.1 Å². The molecule has 0 radical (unpaired) electrons. The van der Waals surface area contributed by atoms with Crippen molar-refractivity contribution in [3.8, 4) is 11.5 Å². The van der Waals surface area contributed by atoms with Crippen LogP contribution in [0.15, 0.2) is 33.9 Å². The number of carboxylic acids is 3. The van der Waals surface area contributed by atoms with Gasteiger partial charge in [0.15, 0.2) is 28.1 Å². The number of nitrogens with two attached hydrogens (primary N) is 1. The number of likely N-dealkylation sites (N-methyl/N-ethyl adjacent to an activating group) is 1. The van der Waals surface area contributed by atoms with Crippen molar-refractivity contribution in [3.63, 3.8) is 0 Å². The number of benzene rings is 1. The van der Waals surface area contributed by atoms with Crippen molar-refractivity contribution in [2.24, 2.45) is 11.1 Å². The van der Waals surface area contributed by atoms with Gasteiger partial charge in [0.25, 0.3) is 17.7 Å². The molecule has 7 rings (SSSR count). The van der Waals surface area contributed by atoms with E-state index in [-0.39, 0.29) is 63.7 Å². The number of quaternary nitrogens is 1. The monoisotopic (exact) mass is 828 g/mol. The van der Waals surface area contributed by atoms with Gasteiger partial charge in [-0.3, -0.25) is 28.9 Å². The number of aromatic nitrogens is 1. The lowest BCUT2D eigenvalue weighted by Gasteiger charge is -2.52. The summed E-state index contributed by atoms with van der Waals surface area (Å²) < 4.78 is 0.536. The number of carbonyl (C=O) groups is 7. The Morgan fingerprint density at radius 3 is 2.33 bits per heavy atom. The number of nitrogen functional groups attached to an aromatic ring is 1. The molecule has 7 atom stereocenters. The Bertz CT molecular complexity index is 2160. The number of fused-ring (bicyclic) bond motifs is 4. The number of piperidine rings is 1. The van der Waals surface area contributed by atoms with E-state index in [1.165, 1.54) is 22.0 Å². The number of aliphatic carboxylic acids is 3. The highest BCUT2D eigenvalue weighted by Gasteiger charge is 2.57. The highest BCUT2D eigenvalue weighted by atomic mass is 32.2. The van der Waals surface area contributed by atoms with Gasteiger partial charge in [0.1, 0.15) is 29.4 Å². The number of phenols is 2. The SMILES string of the molecule is C[N+]1(CC2=C(C(=O)O)N3C(=O)[C@@H](NC(=O)/C(=N\O[C@@H](CC(=O)O)C(=O)O)c4csc(N)n4)[C@H]3SC2)[C@@H]2CC[C@H]1CC(CN1CC(=O)c3cc(O)c(O)cc3C1=O)C2. The molecule has 0 spiro atoms. The highest BCUT2D eigenvalue weighted by Crippen LogP contribution is 2.47. The summed E-state index contributed by atoms with van der Waals surface area (Å²) in [6.45, 7) is 0.527. The predicted octanol–water partition coefficient (Wildman–Crippen LogP) is 0.250. The highest BCUT2D eigenvalue weighted by molar-refractivity contribution is 8.00. The Labute approximate surface area is 331 Å². The van der Waals surface area contributed by atoms with Gasteiger partial charge < -0.3 is 50.8 Å². The van der Waals surface area contributed by atoms with Crippen LogP contribution in [-0.4, -0.2) is 154 Å². The number of carbonyl (C=O) groups excluding carboxylic acids is 4. The van der Waals surface area contributed by atoms with Gasteiger partial charge in [0, 0.05) is 54.5 Å². The van der Waals surface area contributed by atoms with Crippen molar-refractivity contribution < 1.29 is 68.4 Å². The summed E-state index contributed by atoms with van der Waals surface area (Å²) in [5.41, 5.74) is 5.52. The van der Waals surface area contributed by atoms with E-state index in [1.807, 2.05) is 0 Å². The van der Waals surface area contributed by atoms with E-state index in [1.54, 1.807) is 0 Å². The molecule has 0 aliphatic carbocycles. The van der Waals surface area contributed by atoms with E-state index in [0.29, 0.717) is 36.0 Å². The zero-order valence-corrected chi connectivity index (χ0v) is 31.8. The summed E-state index contributed by atoms with van der Waals surface area (Å²) in [6.07, 6.45) is 0.241. The van der Waals surface area contributed by atoms with Gasteiger partial charge in [-0.1, -0.05) is 5.16 Å². The average molecular weight is 829 g/mol. The molecule has 20 nitrogen and oxygen atoms in total. The van der Waals surface area contributed by atoms with Gasteiger partial charge in [-0.2, -0.15) is 0 Å². The molecular weight excluding hydrogens is 791 g/mol. The van der Waals surface area contributed by atoms with Crippen molar-refractivity contribution >= 4 is 75.4 Å². The third kappa shape index (κ3) is 7.23. The first kappa shape index (κ1) is 39.5. The van der Waals surface area contributed by atoms with Crippen molar-refractivity contribution in [3.05, 3.63) is 45.6 Å². The van der Waals surface area contributed by atoms with Crippen LogP contribution in [0.4, 0.5) is 5.13 Å². The van der Waals surface area contributed by atoms with E-state index in [4.69, 9.17) is 15.7 Å². The van der Waals surface area contributed by atoms with Gasteiger partial charge in [0.2, 0.25) is 6.10 Å². The number of carboxylic acid groups (broad SMARTS) is 3. The van der Waals surface area contributed by atoms with Gasteiger partial charge in [0.05, 0.1) is 37.7 Å². The molecule has 3 fully saturated rings. The van der Waals surface area contributed by atoms with Crippen LogP contribution in [0.25, 0.3) is 0 Å². The predicted molar refractivity (Wildman–Crippen MR) is 198 cm³/mol. The summed E-state index contributed by atoms with van der Waals surface area (Å²) in [6, 6.07) is 1.24. The largest absolute Gasteiger partial charge is 0.504 e. The number of β-lactam (4-membered cyclic amide) rings is 1. The standard InChI is InChI=1S/C35H37N7O13S2/c1-42(16-2-3-17(42)5-14(4-16)9-40-10-23(45)18-6-21(43)22(44)7-19(18)30(40)49)11-15-12-56-32-27(31(50)41(32)28(15)34(53)54)38-29(48)26(20-13-57-35(36)37-20)39-55-24(33(51)52)8-25(46)47/h6-7,13-14,16-17,24,27,32H,2-5,8-12H2,1H3,(H7-,36,37,38,39,43,44,45,46,47,48,49,51,52,53,54)/p+1/t14?,16-,17+,24-,27+,32+,42?/m0/s1. The molecule has 1 aromatic heterocycles. The van der Waals surface area contributed by atoms with Crippen molar-refractivity contribution in [2.75, 3.05) is 38.2 Å². The first-order chi connectivity index (χ1) is 27.0. The topological polar surface area (TPSA) is 300 Å². The maximum atomic E-state index is 13.6. The van der Waals surface area contributed by atoms with Crippen molar-refractivity contribution in [1.29, 1.82) is 0 Å². The number of thioether (sulfide) groups is 1. The first-order valence-corrected chi connectivity index (χ1v) is 19.7. The number of hydrogen-bond donors (Lipinski definition) is 7. The number of rotatable bonds is 13. The molecule has 8 N–H and O–H groups in total. The minimum atomic E-state index is -1.95. The number of oxime groups is 1. The lowest BCUT2D eigenvalue weighted by molar-refractivity contribution is -0.945. The molecule has 5 aliphatic rings. The van der Waals surface area contributed by atoms with Crippen LogP contribution < -0.4 is 11.1 Å². The molecule has 6 heterocycles. The zero-order valence-electron chi connectivity index (χ0n) is 30.2. The number of ketones is 1. The maximum Gasteiger partial charge on any atom is 0.352 e. The molecule has 1 aromatic carbocycles. The summed E-state index contributed by atoms with van der Waals surface area (Å²) >= 11 is 2.20. The minimum absolute atomic E-state index is 0.0292. The number of hydrogen-bond acceptors (Lipinski definition) is 15. The quantitative estimate of drug-likeness (QED) is 0.0468. The van der Waals surface area contributed by atoms with Crippen LogP contribution in [0.5, 0.6) is 11.5 Å². The molecular formula is C35H38N7O13S2+. The molecule has 2 unspecified atom stereocenters. The van der Waals surface area contributed by atoms with Crippen molar-refractivity contribution in [1.82, 2.24) is 20.1 Å². The molecule has 3 amide bonds. The molecule has 3 saturated heterocycles. The molecule has 0 saturated carbocycles. The van der Waals surface area contributed by atoms with Crippen molar-refractivity contribution in [2.45, 2.75) is 61.7 Å². The summed E-state index contributed by atoms with van der Waals surface area (Å²) in [4.78, 5) is 100. The molecule has 5 aliphatic heterocycles. The Hall–Kier alpha value is -5.74. The Morgan fingerprint density at radius 2 is 1.74 bits per heavy atom. The summed E-state index contributed by atoms with van der Waals surface area (Å²) in [7, 11) is 2.07. The third-order valence-corrected chi connectivity index (χ3v) is 13.4. The number of anilines is 1. The summed E-state index contributed by atoms with van der Waals surface area (Å²) in [5.74, 6) is -7.55. The second-order valence-corrected chi connectivity index (χ2v) is 16.9. The number of aromatic hydroxyl groups is 2. The number of nitrogens with zero attached hydrogens (tertiary/aromatic N) is 5. The number of Topliss-reactive ketones (excluding diaryl/α,β-unsaturated/α-hetero) is 1. The number of nitrogens with one attached hydrogen (secondary N) is 1. The Morgan fingerprint density at radius 1 is 1.07 bits per heavy atom. The van der Waals surface area contributed by atoms with E-state index >= 15 is 0 Å². The average Bonchev–Trinajstić information content (AvgIpc) is 3.61. The molecule has 22 heteroatoms. The number of phenolic OH excluding ortho intramolecular Hbond substituents is 2. The number of thiazole rings is 1. The van der Waals surface area contributed by atoms with Crippen LogP contribution in [0, 0.1) is 5.92 Å². The second kappa shape index (κ2) is 15.0. The van der Waals surface area contributed by atoms with Crippen LogP contribution >= 0.6 is 23.1 Å². The second-order valence-electron chi connectivity index (χ2n) is 14.9. The zero-order chi connectivity index (χ0) is 41.1. The van der Waals surface area contributed by atoms with E-state index in [2.05, 4.69) is 22.5 Å². The fourth-order valence-electron chi connectivity index (χ4n) is 8.68. The lowest BCUT2D eigenvalue weighted by Crippen LogP contribution is -2.71. The normalized spacial score (nSPS) is 27.4. The Balaban J connectivity index is 1.04. The van der Waals surface area contributed by atoms with E-state index < -0.39 is 76.8 Å². The Kier molecular flexibility index (Phi) is 10.4. The van der Waals surface area contributed by atoms with Crippen LogP contribution in [-0.2, 0) is 28.8 Å². The summed E-state index contributed by atoms with van der Waals surface area (Å²) in [5, 5.41) is 55.3. The number of amides is 3. The van der Waals surface area contributed by atoms with Gasteiger partial charge in [-0.25, -0.2) is 14.6 Å². The van der Waals surface area contributed by atoms with Gasteiger partial charge in [-0.15, -0.1) is 23.1 Å². The smallest absolute Gasteiger partial charge is 0.352 e. The molecule has 2 aromatic rings. The molecule has 2 bridgehead atoms. The lowest BCUT2D eigenvalue weighted by atomic mass is 9.86. The minimum Gasteiger partial charge on any atom is -0.504 e. The van der Waals surface area contributed by atoms with E-state index in [0.717, 1.165) is 41.2 Å². The van der Waals surface area contributed by atoms with Crippen LogP contribution in [0.3, 0.4) is 0 Å². The van der Waals surface area contributed by atoms with Gasteiger partial charge >= 0.3 is 17.9 Å². The van der Waals surface area contributed by atoms with E-state index in [9.17, 15) is 54.0 Å². The molecule has 57 heavy (non-hydrogen) atoms. The maximum absolute atomic E-state index is 13.6. The third-order valence-electron chi connectivity index (χ3n) is 11.4. The van der Waals surface area contributed by atoms with Crippen LogP contribution in [0.2, 0.25) is 0 Å². The molecule has 302 valence electrons. The van der Waals surface area contributed by atoms with Crippen LogP contribution in [0.1, 0.15) is 58.5 Å². The fourth-order valence-corrected chi connectivity index (χ4v) is 10.6. The first-order valence-electron chi connectivity index (χ1n) is 17.8.